The van der Waals surface area contributed by atoms with Crippen molar-refractivity contribution in [1.82, 2.24) is 4.98 Å². The third kappa shape index (κ3) is 7.35. The van der Waals surface area contributed by atoms with Crippen molar-refractivity contribution in [3.8, 4) is 0 Å². The highest BCUT2D eigenvalue weighted by atomic mass is 16.6. The number of hydrogen-bond donors (Lipinski definition) is 2. The molecule has 6 nitrogen and oxygen atoms in total. The van der Waals surface area contributed by atoms with Gasteiger partial charge in [-0.15, -0.1) is 0 Å². The summed E-state index contributed by atoms with van der Waals surface area (Å²) in [6.45, 7) is 5.57. The Hall–Kier alpha value is -2.47. The Balaban J connectivity index is 1.70. The Kier molecular flexibility index (Phi) is 7.30. The largest absolute Gasteiger partial charge is 0.460 e. The predicted molar refractivity (Wildman–Crippen MR) is 107 cm³/mol. The van der Waals surface area contributed by atoms with Gasteiger partial charge in [-0.25, -0.2) is 0 Å². The summed E-state index contributed by atoms with van der Waals surface area (Å²) in [6, 6.07) is 8.80. The van der Waals surface area contributed by atoms with Crippen molar-refractivity contribution in [2.24, 2.45) is 5.73 Å². The standard InChI is InChI=1S/C21H29N3O3/c1-21(2,3)27-19(25)10-6-4-5-9-17(22)20(26)24-16-11-12-18-15(14-16)8-7-13-23-18/h7-8,11-14,17H,4-6,9-10,22H2,1-3H3,(H,24,26)/t17-/m0/s1. The first-order valence-electron chi connectivity index (χ1n) is 9.38. The van der Waals surface area contributed by atoms with E-state index in [0.29, 0.717) is 18.5 Å². The monoisotopic (exact) mass is 371 g/mol. The van der Waals surface area contributed by atoms with Crippen LogP contribution in [0.25, 0.3) is 10.9 Å². The highest BCUT2D eigenvalue weighted by Crippen LogP contribution is 2.17. The van der Waals surface area contributed by atoms with Crippen LogP contribution in [0.5, 0.6) is 0 Å². The molecule has 0 saturated heterocycles. The van der Waals surface area contributed by atoms with Gasteiger partial charge in [0.25, 0.3) is 0 Å². The fourth-order valence-corrected chi connectivity index (χ4v) is 2.72. The number of rotatable bonds is 8. The Morgan fingerprint density at radius 3 is 2.70 bits per heavy atom. The summed E-state index contributed by atoms with van der Waals surface area (Å²) in [6.07, 6.45) is 5.07. The van der Waals surface area contributed by atoms with Gasteiger partial charge in [-0.05, 0) is 57.9 Å². The van der Waals surface area contributed by atoms with Gasteiger partial charge in [0.2, 0.25) is 5.91 Å². The number of unbranched alkanes of at least 4 members (excludes halogenated alkanes) is 2. The summed E-state index contributed by atoms with van der Waals surface area (Å²) in [7, 11) is 0. The lowest BCUT2D eigenvalue weighted by Gasteiger charge is -2.19. The summed E-state index contributed by atoms with van der Waals surface area (Å²) in [5.41, 5.74) is 7.13. The molecule has 27 heavy (non-hydrogen) atoms. The van der Waals surface area contributed by atoms with Crippen molar-refractivity contribution in [2.45, 2.75) is 64.5 Å². The minimum atomic E-state index is -0.573. The second-order valence-electron chi connectivity index (χ2n) is 7.69. The van der Waals surface area contributed by atoms with E-state index in [1.165, 1.54) is 0 Å². The number of aromatic nitrogens is 1. The molecule has 0 spiro atoms. The molecule has 146 valence electrons. The number of nitrogens with zero attached hydrogens (tertiary/aromatic N) is 1. The van der Waals surface area contributed by atoms with Gasteiger partial charge in [0.1, 0.15) is 5.60 Å². The van der Waals surface area contributed by atoms with E-state index >= 15 is 0 Å². The molecular formula is C21H29N3O3. The number of nitrogens with two attached hydrogens (primary N) is 1. The van der Waals surface area contributed by atoms with Crippen molar-refractivity contribution >= 4 is 28.5 Å². The van der Waals surface area contributed by atoms with E-state index in [9.17, 15) is 9.59 Å². The van der Waals surface area contributed by atoms with E-state index in [2.05, 4.69) is 10.3 Å². The number of carbonyl (C=O) groups excluding carboxylic acids is 2. The smallest absolute Gasteiger partial charge is 0.306 e. The van der Waals surface area contributed by atoms with E-state index in [1.54, 1.807) is 6.20 Å². The zero-order valence-corrected chi connectivity index (χ0v) is 16.3. The summed E-state index contributed by atoms with van der Waals surface area (Å²) in [5.74, 6) is -0.388. The lowest BCUT2D eigenvalue weighted by atomic mass is 10.1. The molecule has 0 aliphatic heterocycles. The summed E-state index contributed by atoms with van der Waals surface area (Å²) >= 11 is 0. The molecule has 0 bridgehead atoms. The van der Waals surface area contributed by atoms with Crippen LogP contribution in [0, 0.1) is 0 Å². The minimum absolute atomic E-state index is 0.185. The average molecular weight is 371 g/mol. The molecule has 6 heteroatoms. The van der Waals surface area contributed by atoms with Crippen molar-refractivity contribution in [2.75, 3.05) is 5.32 Å². The second-order valence-corrected chi connectivity index (χ2v) is 7.69. The van der Waals surface area contributed by atoms with Crippen molar-refractivity contribution < 1.29 is 14.3 Å². The Labute approximate surface area is 160 Å². The molecule has 0 radical (unpaired) electrons. The van der Waals surface area contributed by atoms with Gasteiger partial charge in [-0.1, -0.05) is 18.9 Å². The first-order valence-corrected chi connectivity index (χ1v) is 9.38. The van der Waals surface area contributed by atoms with E-state index in [4.69, 9.17) is 10.5 Å². The summed E-state index contributed by atoms with van der Waals surface area (Å²) in [5, 5.41) is 3.82. The number of amides is 1. The molecule has 1 atom stereocenters. The van der Waals surface area contributed by atoms with Gasteiger partial charge in [0, 0.05) is 23.7 Å². The van der Waals surface area contributed by atoms with E-state index < -0.39 is 11.6 Å². The van der Waals surface area contributed by atoms with Crippen LogP contribution in [0.1, 0.15) is 52.9 Å². The highest BCUT2D eigenvalue weighted by molar-refractivity contribution is 5.96. The van der Waals surface area contributed by atoms with Gasteiger partial charge in [0.05, 0.1) is 11.6 Å². The molecule has 1 heterocycles. The van der Waals surface area contributed by atoms with E-state index in [-0.39, 0.29) is 11.9 Å². The number of benzene rings is 1. The molecule has 0 aliphatic carbocycles. The maximum absolute atomic E-state index is 12.3. The van der Waals surface area contributed by atoms with Crippen molar-refractivity contribution in [3.63, 3.8) is 0 Å². The number of ether oxygens (including phenoxy) is 1. The Morgan fingerprint density at radius 1 is 1.19 bits per heavy atom. The molecule has 1 aromatic carbocycles. The molecule has 1 aromatic heterocycles. The molecule has 2 rings (SSSR count). The van der Waals surface area contributed by atoms with Gasteiger partial charge >= 0.3 is 5.97 Å². The van der Waals surface area contributed by atoms with Gasteiger partial charge < -0.3 is 15.8 Å². The second kappa shape index (κ2) is 9.46. The molecular weight excluding hydrogens is 342 g/mol. The van der Waals surface area contributed by atoms with E-state index in [0.717, 1.165) is 30.2 Å². The summed E-state index contributed by atoms with van der Waals surface area (Å²) < 4.78 is 5.27. The zero-order valence-electron chi connectivity index (χ0n) is 16.3. The predicted octanol–water partition coefficient (Wildman–Crippen LogP) is 3.79. The van der Waals surface area contributed by atoms with Crippen molar-refractivity contribution in [3.05, 3.63) is 36.5 Å². The van der Waals surface area contributed by atoms with Crippen molar-refractivity contribution in [1.29, 1.82) is 0 Å². The number of anilines is 1. The van der Waals surface area contributed by atoms with Gasteiger partial charge in [0.15, 0.2) is 0 Å². The third-order valence-corrected chi connectivity index (χ3v) is 4.02. The van der Waals surface area contributed by atoms with Crippen LogP contribution in [0.4, 0.5) is 5.69 Å². The third-order valence-electron chi connectivity index (χ3n) is 4.02. The Morgan fingerprint density at radius 2 is 1.96 bits per heavy atom. The zero-order chi connectivity index (χ0) is 19.9. The topological polar surface area (TPSA) is 94.3 Å². The van der Waals surface area contributed by atoms with Crippen LogP contribution >= 0.6 is 0 Å². The van der Waals surface area contributed by atoms with Crippen LogP contribution in [-0.4, -0.2) is 28.5 Å². The Bertz CT molecular complexity index is 784. The number of carbonyl (C=O) groups is 2. The van der Waals surface area contributed by atoms with Crippen LogP contribution in [0.15, 0.2) is 36.5 Å². The minimum Gasteiger partial charge on any atom is -0.460 e. The average Bonchev–Trinajstić information content (AvgIpc) is 2.59. The lowest BCUT2D eigenvalue weighted by molar-refractivity contribution is -0.154. The van der Waals surface area contributed by atoms with E-state index in [1.807, 2.05) is 51.1 Å². The van der Waals surface area contributed by atoms with Crippen LogP contribution < -0.4 is 11.1 Å². The lowest BCUT2D eigenvalue weighted by Crippen LogP contribution is -2.35. The summed E-state index contributed by atoms with van der Waals surface area (Å²) in [4.78, 5) is 28.2. The fraction of sp³-hybridized carbons (Fsp3) is 0.476. The quantitative estimate of drug-likeness (QED) is 0.544. The van der Waals surface area contributed by atoms with Crippen LogP contribution in [0.2, 0.25) is 0 Å². The van der Waals surface area contributed by atoms with Crippen LogP contribution in [0.3, 0.4) is 0 Å². The molecule has 3 N–H and O–H groups in total. The first kappa shape index (κ1) is 20.8. The van der Waals surface area contributed by atoms with Gasteiger partial charge in [-0.3, -0.25) is 14.6 Å². The SMILES string of the molecule is CC(C)(C)OC(=O)CCCCC[C@H](N)C(=O)Nc1ccc2ncccc2c1. The highest BCUT2D eigenvalue weighted by Gasteiger charge is 2.16. The molecule has 0 saturated carbocycles. The molecule has 1 amide bonds. The normalized spacial score (nSPS) is 12.6. The first-order chi connectivity index (χ1) is 12.7. The molecule has 0 fully saturated rings. The number of nitrogens with one attached hydrogen (secondary N) is 1. The number of hydrogen-bond acceptors (Lipinski definition) is 5. The van der Waals surface area contributed by atoms with Gasteiger partial charge in [-0.2, -0.15) is 0 Å². The number of pyridine rings is 1. The maximum Gasteiger partial charge on any atom is 0.306 e. The van der Waals surface area contributed by atoms with Crippen LogP contribution in [-0.2, 0) is 14.3 Å². The maximum atomic E-state index is 12.3. The fourth-order valence-electron chi connectivity index (χ4n) is 2.72. The molecule has 0 unspecified atom stereocenters. The number of esters is 1. The number of fused-ring (bicyclic) bond motifs is 1. The molecule has 0 aliphatic rings. The molecule has 2 aromatic rings.